The third-order valence-corrected chi connectivity index (χ3v) is 3.53. The number of ketones is 1. The Hall–Kier alpha value is -1.90. The zero-order valence-corrected chi connectivity index (χ0v) is 11.3. The van der Waals surface area contributed by atoms with E-state index in [4.69, 9.17) is 4.74 Å². The Balaban J connectivity index is 2.33. The average molecular weight is 258 g/mol. The first-order valence-corrected chi connectivity index (χ1v) is 6.47. The van der Waals surface area contributed by atoms with Crippen molar-refractivity contribution >= 4 is 17.3 Å². The smallest absolute Gasteiger partial charge is 0.324 e. The highest BCUT2D eigenvalue weighted by Gasteiger charge is 2.56. The summed E-state index contributed by atoms with van der Waals surface area (Å²) < 4.78 is 5.25. The molecule has 0 aromatic heterocycles. The number of hydrogen-bond acceptors (Lipinski definition) is 3. The zero-order valence-electron chi connectivity index (χ0n) is 11.3. The highest BCUT2D eigenvalue weighted by atomic mass is 16.5. The van der Waals surface area contributed by atoms with E-state index >= 15 is 0 Å². The molecule has 0 heterocycles. The SMILES string of the molecule is C=C(c1ccccc1)[C@]1(C(=O)OC(C)C)CCC1=O. The summed E-state index contributed by atoms with van der Waals surface area (Å²) >= 11 is 0. The number of ether oxygens (including phenoxy) is 1. The summed E-state index contributed by atoms with van der Waals surface area (Å²) in [6, 6.07) is 9.34. The van der Waals surface area contributed by atoms with Crippen LogP contribution >= 0.6 is 0 Å². The van der Waals surface area contributed by atoms with Gasteiger partial charge in [-0.25, -0.2) is 0 Å². The van der Waals surface area contributed by atoms with Gasteiger partial charge in [0.1, 0.15) is 0 Å². The standard InChI is InChI=1S/C16H18O3/c1-11(2)19-15(18)16(10-9-14(16)17)12(3)13-7-5-4-6-8-13/h4-8,11H,3,9-10H2,1-2H3/t16-/m1/s1. The molecule has 0 N–H and O–H groups in total. The van der Waals surface area contributed by atoms with Gasteiger partial charge in [-0.15, -0.1) is 0 Å². The van der Waals surface area contributed by atoms with Crippen LogP contribution in [-0.4, -0.2) is 17.9 Å². The van der Waals surface area contributed by atoms with Gasteiger partial charge in [0.2, 0.25) is 0 Å². The van der Waals surface area contributed by atoms with Crippen LogP contribution in [0.5, 0.6) is 0 Å². The number of carbonyl (C=O) groups is 2. The van der Waals surface area contributed by atoms with Crippen LogP contribution in [-0.2, 0) is 14.3 Å². The van der Waals surface area contributed by atoms with E-state index in [-0.39, 0.29) is 11.9 Å². The molecule has 2 rings (SSSR count). The number of Topliss-reactive ketones (excluding diaryl/α,β-unsaturated/α-hetero) is 1. The molecule has 0 bridgehead atoms. The second kappa shape index (κ2) is 5.00. The molecule has 0 spiro atoms. The molecule has 0 radical (unpaired) electrons. The van der Waals surface area contributed by atoms with E-state index in [1.54, 1.807) is 13.8 Å². The first kappa shape index (κ1) is 13.5. The topological polar surface area (TPSA) is 43.4 Å². The van der Waals surface area contributed by atoms with Crippen molar-refractivity contribution in [3.05, 3.63) is 42.5 Å². The van der Waals surface area contributed by atoms with Crippen molar-refractivity contribution in [2.45, 2.75) is 32.8 Å². The minimum atomic E-state index is -1.16. The third kappa shape index (κ3) is 2.21. The van der Waals surface area contributed by atoms with Gasteiger partial charge in [-0.2, -0.15) is 0 Å². The molecule has 19 heavy (non-hydrogen) atoms. The van der Waals surface area contributed by atoms with Crippen LogP contribution in [0.2, 0.25) is 0 Å². The van der Waals surface area contributed by atoms with Crippen molar-refractivity contribution in [3.8, 4) is 0 Å². The molecule has 1 fully saturated rings. The van der Waals surface area contributed by atoms with Crippen LogP contribution in [0.25, 0.3) is 5.57 Å². The van der Waals surface area contributed by atoms with Gasteiger partial charge in [0.05, 0.1) is 6.10 Å². The fourth-order valence-electron chi connectivity index (χ4n) is 2.34. The van der Waals surface area contributed by atoms with Gasteiger partial charge in [-0.1, -0.05) is 36.9 Å². The van der Waals surface area contributed by atoms with Gasteiger partial charge in [0, 0.05) is 6.42 Å². The lowest BCUT2D eigenvalue weighted by Gasteiger charge is -2.39. The minimum absolute atomic E-state index is 0.0907. The third-order valence-electron chi connectivity index (χ3n) is 3.53. The molecule has 1 atom stereocenters. The zero-order chi connectivity index (χ0) is 14.0. The summed E-state index contributed by atoms with van der Waals surface area (Å²) in [6.07, 6.45) is 0.672. The van der Waals surface area contributed by atoms with E-state index in [0.29, 0.717) is 18.4 Å². The first-order valence-electron chi connectivity index (χ1n) is 6.47. The normalized spacial score (nSPS) is 21.9. The van der Waals surface area contributed by atoms with Crippen molar-refractivity contribution < 1.29 is 14.3 Å². The van der Waals surface area contributed by atoms with Gasteiger partial charge >= 0.3 is 5.97 Å². The number of esters is 1. The Morgan fingerprint density at radius 2 is 1.95 bits per heavy atom. The van der Waals surface area contributed by atoms with Crippen molar-refractivity contribution in [3.63, 3.8) is 0 Å². The van der Waals surface area contributed by atoms with Gasteiger partial charge in [-0.3, -0.25) is 9.59 Å². The average Bonchev–Trinajstić information content (AvgIpc) is 2.37. The maximum Gasteiger partial charge on any atom is 0.324 e. The quantitative estimate of drug-likeness (QED) is 0.616. The van der Waals surface area contributed by atoms with E-state index in [9.17, 15) is 9.59 Å². The van der Waals surface area contributed by atoms with Gasteiger partial charge in [0.25, 0.3) is 0 Å². The molecular weight excluding hydrogens is 240 g/mol. The molecule has 1 saturated carbocycles. The lowest BCUT2D eigenvalue weighted by molar-refractivity contribution is -0.165. The first-order chi connectivity index (χ1) is 8.98. The second-order valence-corrected chi connectivity index (χ2v) is 5.13. The lowest BCUT2D eigenvalue weighted by atomic mass is 9.61. The van der Waals surface area contributed by atoms with Gasteiger partial charge in [-0.05, 0) is 31.4 Å². The Morgan fingerprint density at radius 1 is 1.32 bits per heavy atom. The van der Waals surface area contributed by atoms with Crippen LogP contribution in [0.1, 0.15) is 32.3 Å². The Kier molecular flexibility index (Phi) is 3.56. The summed E-state index contributed by atoms with van der Waals surface area (Å²) in [5.74, 6) is -0.556. The molecule has 0 aliphatic heterocycles. The molecule has 0 saturated heterocycles. The highest BCUT2D eigenvalue weighted by molar-refractivity contribution is 6.18. The number of rotatable bonds is 4. The number of hydrogen-bond donors (Lipinski definition) is 0. The van der Waals surface area contributed by atoms with E-state index in [2.05, 4.69) is 6.58 Å². The Morgan fingerprint density at radius 3 is 2.37 bits per heavy atom. The van der Waals surface area contributed by atoms with Crippen molar-refractivity contribution in [2.75, 3.05) is 0 Å². The largest absolute Gasteiger partial charge is 0.462 e. The Labute approximate surface area is 113 Å². The fourth-order valence-corrected chi connectivity index (χ4v) is 2.34. The molecule has 1 aliphatic carbocycles. The van der Waals surface area contributed by atoms with E-state index in [1.807, 2.05) is 30.3 Å². The summed E-state index contributed by atoms with van der Waals surface area (Å²) in [5, 5.41) is 0. The van der Waals surface area contributed by atoms with Crippen molar-refractivity contribution in [1.82, 2.24) is 0 Å². The number of benzene rings is 1. The highest BCUT2D eigenvalue weighted by Crippen LogP contribution is 2.48. The predicted octanol–water partition coefficient (Wildman–Crippen LogP) is 3.00. The van der Waals surface area contributed by atoms with Crippen LogP contribution in [0.4, 0.5) is 0 Å². The molecule has 3 nitrogen and oxygen atoms in total. The summed E-state index contributed by atoms with van der Waals surface area (Å²) in [6.45, 7) is 7.53. The monoisotopic (exact) mass is 258 g/mol. The molecule has 1 aromatic rings. The Bertz CT molecular complexity index is 516. The van der Waals surface area contributed by atoms with Crippen LogP contribution < -0.4 is 0 Å². The molecule has 3 heteroatoms. The predicted molar refractivity (Wildman–Crippen MR) is 73.4 cm³/mol. The fraction of sp³-hybridized carbons (Fsp3) is 0.375. The molecule has 1 aromatic carbocycles. The molecular formula is C16H18O3. The summed E-state index contributed by atoms with van der Waals surface area (Å²) in [4.78, 5) is 24.3. The van der Waals surface area contributed by atoms with E-state index < -0.39 is 11.4 Å². The van der Waals surface area contributed by atoms with Gasteiger partial charge in [0.15, 0.2) is 11.2 Å². The lowest BCUT2D eigenvalue weighted by Crippen LogP contribution is -2.49. The van der Waals surface area contributed by atoms with Crippen molar-refractivity contribution in [2.24, 2.45) is 5.41 Å². The van der Waals surface area contributed by atoms with Crippen molar-refractivity contribution in [1.29, 1.82) is 0 Å². The molecule has 0 unspecified atom stereocenters. The summed E-state index contributed by atoms with van der Waals surface area (Å²) in [5.41, 5.74) is 0.206. The van der Waals surface area contributed by atoms with Crippen LogP contribution in [0.15, 0.2) is 36.9 Å². The van der Waals surface area contributed by atoms with E-state index in [0.717, 1.165) is 5.56 Å². The van der Waals surface area contributed by atoms with Gasteiger partial charge < -0.3 is 4.74 Å². The van der Waals surface area contributed by atoms with E-state index in [1.165, 1.54) is 0 Å². The maximum absolute atomic E-state index is 12.3. The van der Waals surface area contributed by atoms with Crippen LogP contribution in [0, 0.1) is 5.41 Å². The molecule has 100 valence electrons. The number of carbonyl (C=O) groups excluding carboxylic acids is 2. The minimum Gasteiger partial charge on any atom is -0.462 e. The second-order valence-electron chi connectivity index (χ2n) is 5.13. The molecule has 0 amide bonds. The van der Waals surface area contributed by atoms with Crippen LogP contribution in [0.3, 0.4) is 0 Å². The summed E-state index contributed by atoms with van der Waals surface area (Å²) in [7, 11) is 0. The maximum atomic E-state index is 12.3. The molecule has 1 aliphatic rings.